The summed E-state index contributed by atoms with van der Waals surface area (Å²) in [6.45, 7) is 0. The summed E-state index contributed by atoms with van der Waals surface area (Å²) in [7, 11) is -1.37. The lowest BCUT2D eigenvalue weighted by Crippen LogP contribution is -2.47. The summed E-state index contributed by atoms with van der Waals surface area (Å²) in [6.07, 6.45) is 4.17. The van der Waals surface area contributed by atoms with Crippen LogP contribution in [0, 0.1) is 0 Å². The maximum atomic E-state index is 13.0. The highest BCUT2D eigenvalue weighted by Gasteiger charge is 2.44. The third-order valence-electron chi connectivity index (χ3n) is 5.10. The van der Waals surface area contributed by atoms with Crippen molar-refractivity contribution in [1.82, 2.24) is 5.32 Å². The van der Waals surface area contributed by atoms with Gasteiger partial charge in [-0.05, 0) is 37.0 Å². The predicted octanol–water partition coefficient (Wildman–Crippen LogP) is 1.81. The molecule has 1 aromatic rings. The first kappa shape index (κ1) is 16.3. The number of nitrogens with one attached hydrogen (secondary N) is 1. The number of ether oxygens (including phenoxy) is 1. The Labute approximate surface area is 137 Å². The zero-order valence-electron chi connectivity index (χ0n) is 13.4. The monoisotopic (exact) mass is 337 g/mol. The second-order valence-electron chi connectivity index (χ2n) is 6.59. The Hall–Kier alpha value is -1.56. The molecule has 1 saturated heterocycles. The van der Waals surface area contributed by atoms with Crippen molar-refractivity contribution in [3.63, 3.8) is 0 Å². The number of carbonyl (C=O) groups excluding carboxylic acids is 1. The third-order valence-corrected chi connectivity index (χ3v) is 6.87. The molecule has 2 fully saturated rings. The van der Waals surface area contributed by atoms with Gasteiger partial charge in [0.1, 0.15) is 5.75 Å². The van der Waals surface area contributed by atoms with E-state index in [4.69, 9.17) is 4.74 Å². The van der Waals surface area contributed by atoms with E-state index in [1.165, 1.54) is 0 Å². The van der Waals surface area contributed by atoms with Crippen molar-refractivity contribution in [3.05, 3.63) is 29.8 Å². The fourth-order valence-electron chi connectivity index (χ4n) is 3.77. The van der Waals surface area contributed by atoms with Crippen molar-refractivity contribution in [2.45, 2.75) is 43.6 Å². The van der Waals surface area contributed by atoms with Gasteiger partial charge in [-0.25, -0.2) is 8.42 Å². The average molecular weight is 337 g/mol. The van der Waals surface area contributed by atoms with Gasteiger partial charge in [0.05, 0.1) is 24.0 Å². The Kier molecular flexibility index (Phi) is 4.36. The van der Waals surface area contributed by atoms with Crippen molar-refractivity contribution >= 4 is 15.7 Å². The van der Waals surface area contributed by atoms with Crippen molar-refractivity contribution in [3.8, 4) is 5.75 Å². The number of sulfone groups is 1. The summed E-state index contributed by atoms with van der Waals surface area (Å²) in [6, 6.07) is 7.42. The molecule has 0 aromatic heterocycles. The number of hydrogen-bond acceptors (Lipinski definition) is 4. The second kappa shape index (κ2) is 6.15. The van der Waals surface area contributed by atoms with E-state index in [9.17, 15) is 13.2 Å². The van der Waals surface area contributed by atoms with E-state index >= 15 is 0 Å². The highest BCUT2D eigenvalue weighted by Crippen LogP contribution is 2.42. The Bertz CT molecular complexity index is 675. The Morgan fingerprint density at radius 2 is 1.87 bits per heavy atom. The molecule has 0 unspecified atom stereocenters. The molecule has 1 aliphatic heterocycles. The topological polar surface area (TPSA) is 72.5 Å². The Morgan fingerprint density at radius 3 is 2.39 bits per heavy atom. The van der Waals surface area contributed by atoms with Crippen LogP contribution in [0.3, 0.4) is 0 Å². The maximum absolute atomic E-state index is 13.0. The van der Waals surface area contributed by atoms with Crippen molar-refractivity contribution in [2.24, 2.45) is 0 Å². The van der Waals surface area contributed by atoms with Gasteiger partial charge in [0.25, 0.3) is 0 Å². The Balaban J connectivity index is 1.81. The molecule has 1 amide bonds. The molecule has 5 nitrogen and oxygen atoms in total. The van der Waals surface area contributed by atoms with Crippen molar-refractivity contribution in [1.29, 1.82) is 0 Å². The maximum Gasteiger partial charge on any atom is 0.230 e. The molecule has 1 heterocycles. The highest BCUT2D eigenvalue weighted by atomic mass is 32.2. The molecule has 1 aliphatic carbocycles. The summed E-state index contributed by atoms with van der Waals surface area (Å²) >= 11 is 0. The largest absolute Gasteiger partial charge is 0.497 e. The number of amides is 1. The number of carbonyl (C=O) groups is 1. The number of benzene rings is 1. The van der Waals surface area contributed by atoms with Gasteiger partial charge < -0.3 is 10.1 Å². The van der Waals surface area contributed by atoms with Crippen molar-refractivity contribution in [2.75, 3.05) is 18.6 Å². The molecule has 0 bridgehead atoms. The molecule has 1 atom stereocenters. The smallest absolute Gasteiger partial charge is 0.230 e. The van der Waals surface area contributed by atoms with Crippen LogP contribution in [-0.4, -0.2) is 39.0 Å². The first-order valence-electron chi connectivity index (χ1n) is 8.11. The molecule has 1 aromatic carbocycles. The predicted molar refractivity (Wildman–Crippen MR) is 88.3 cm³/mol. The number of hydrogen-bond donors (Lipinski definition) is 1. The molecule has 6 heteroatoms. The molecule has 1 N–H and O–H groups in total. The van der Waals surface area contributed by atoms with Crippen LogP contribution in [0.2, 0.25) is 0 Å². The van der Waals surface area contributed by atoms with Gasteiger partial charge >= 0.3 is 0 Å². The lowest BCUT2D eigenvalue weighted by molar-refractivity contribution is -0.127. The van der Waals surface area contributed by atoms with Gasteiger partial charge in [-0.2, -0.15) is 0 Å². The molecular formula is C17H23NO4S. The normalized spacial score (nSPS) is 25.2. The Morgan fingerprint density at radius 1 is 1.22 bits per heavy atom. The van der Waals surface area contributed by atoms with E-state index in [0.29, 0.717) is 6.42 Å². The summed E-state index contributed by atoms with van der Waals surface area (Å²) in [5, 5.41) is 2.99. The van der Waals surface area contributed by atoms with Crippen LogP contribution >= 0.6 is 0 Å². The van der Waals surface area contributed by atoms with Crippen LogP contribution in [0.5, 0.6) is 5.75 Å². The fraction of sp³-hybridized carbons (Fsp3) is 0.588. The quantitative estimate of drug-likeness (QED) is 0.909. The van der Waals surface area contributed by atoms with Crippen molar-refractivity contribution < 1.29 is 17.9 Å². The second-order valence-corrected chi connectivity index (χ2v) is 8.82. The van der Waals surface area contributed by atoms with Crippen LogP contribution in [-0.2, 0) is 20.0 Å². The van der Waals surface area contributed by atoms with E-state index in [2.05, 4.69) is 5.32 Å². The van der Waals surface area contributed by atoms with Gasteiger partial charge in [0.2, 0.25) is 5.91 Å². The van der Waals surface area contributed by atoms with Gasteiger partial charge in [0, 0.05) is 6.04 Å². The minimum atomic E-state index is -2.99. The molecule has 23 heavy (non-hydrogen) atoms. The summed E-state index contributed by atoms with van der Waals surface area (Å²) < 4.78 is 28.4. The zero-order chi connectivity index (χ0) is 16.5. The standard InChI is InChI=1S/C17H23NO4S/c1-22-15-6-4-13(5-7-15)17(9-2-3-10-17)16(19)18-14-8-11-23(20,21)12-14/h4-7,14H,2-3,8-12H2,1H3,(H,18,19)/t14-/m0/s1. The van der Waals surface area contributed by atoms with E-state index in [-0.39, 0.29) is 23.5 Å². The SMILES string of the molecule is COc1ccc(C2(C(=O)N[C@H]3CCS(=O)(=O)C3)CCCC2)cc1. The van der Waals surface area contributed by atoms with Gasteiger partial charge in [-0.1, -0.05) is 25.0 Å². The fourth-order valence-corrected chi connectivity index (χ4v) is 5.44. The van der Waals surface area contributed by atoms with Crippen LogP contribution in [0.1, 0.15) is 37.7 Å². The average Bonchev–Trinajstić information content (AvgIpc) is 3.15. The summed E-state index contributed by atoms with van der Waals surface area (Å²) in [5.74, 6) is 0.983. The number of methoxy groups -OCH3 is 1. The summed E-state index contributed by atoms with van der Waals surface area (Å²) in [5.41, 5.74) is 0.465. The lowest BCUT2D eigenvalue weighted by Gasteiger charge is -2.30. The van der Waals surface area contributed by atoms with Crippen LogP contribution in [0.15, 0.2) is 24.3 Å². The first-order valence-corrected chi connectivity index (χ1v) is 9.93. The van der Waals surface area contributed by atoms with E-state index in [0.717, 1.165) is 37.0 Å². The first-order chi connectivity index (χ1) is 11.0. The molecule has 0 spiro atoms. The zero-order valence-corrected chi connectivity index (χ0v) is 14.2. The lowest BCUT2D eigenvalue weighted by atomic mass is 9.77. The highest BCUT2D eigenvalue weighted by molar-refractivity contribution is 7.91. The molecule has 3 rings (SSSR count). The van der Waals surface area contributed by atoms with Gasteiger partial charge in [-0.3, -0.25) is 4.79 Å². The van der Waals surface area contributed by atoms with Crippen LogP contribution in [0.25, 0.3) is 0 Å². The van der Waals surface area contributed by atoms with Crippen LogP contribution in [0.4, 0.5) is 0 Å². The third kappa shape index (κ3) is 3.22. The number of rotatable bonds is 4. The molecule has 2 aliphatic rings. The minimum Gasteiger partial charge on any atom is -0.497 e. The van der Waals surface area contributed by atoms with Crippen LogP contribution < -0.4 is 10.1 Å². The van der Waals surface area contributed by atoms with Gasteiger partial charge in [0.15, 0.2) is 9.84 Å². The molecule has 1 saturated carbocycles. The van der Waals surface area contributed by atoms with E-state index in [1.54, 1.807) is 7.11 Å². The summed E-state index contributed by atoms with van der Waals surface area (Å²) in [4.78, 5) is 13.0. The molecule has 0 radical (unpaired) electrons. The minimum absolute atomic E-state index is 0.0257. The van der Waals surface area contributed by atoms with E-state index in [1.807, 2.05) is 24.3 Å². The van der Waals surface area contributed by atoms with Gasteiger partial charge in [-0.15, -0.1) is 0 Å². The molecule has 126 valence electrons. The van der Waals surface area contributed by atoms with E-state index < -0.39 is 15.3 Å². The molecular weight excluding hydrogens is 314 g/mol.